The van der Waals surface area contributed by atoms with E-state index in [4.69, 9.17) is 27.9 Å². The van der Waals surface area contributed by atoms with Gasteiger partial charge in [0.05, 0.1) is 15.6 Å². The Balaban J connectivity index is 1.65. The Hall–Kier alpha value is -2.43. The van der Waals surface area contributed by atoms with Gasteiger partial charge in [0.1, 0.15) is 10.7 Å². The number of pyridine rings is 1. The second-order valence-electron chi connectivity index (χ2n) is 5.56. The molecular weight excluding hydrogens is 459 g/mol. The monoisotopic (exact) mass is 466 g/mol. The summed E-state index contributed by atoms with van der Waals surface area (Å²) in [6, 6.07) is 4.40. The Bertz CT molecular complexity index is 1120. The average molecular weight is 467 g/mol. The number of nitrogens with zero attached hydrogens (tertiary/aromatic N) is 1. The number of halogens is 6. The van der Waals surface area contributed by atoms with E-state index in [9.17, 15) is 27.2 Å². The van der Waals surface area contributed by atoms with Crippen LogP contribution in [0, 0.1) is 5.82 Å². The molecule has 0 fully saturated rings. The fraction of sp³-hybridized carbons (Fsp3) is 0.118. The van der Waals surface area contributed by atoms with E-state index in [1.54, 1.807) is 0 Å². The number of hydrogen-bond donors (Lipinski definition) is 1. The van der Waals surface area contributed by atoms with Crippen LogP contribution in [-0.4, -0.2) is 23.5 Å². The molecule has 0 saturated heterocycles. The third kappa shape index (κ3) is 4.77. The number of aromatic nitrogens is 1. The van der Waals surface area contributed by atoms with Gasteiger partial charge in [0.15, 0.2) is 12.4 Å². The van der Waals surface area contributed by atoms with E-state index >= 15 is 0 Å². The summed E-state index contributed by atoms with van der Waals surface area (Å²) in [5, 5.41) is 2.21. The first kappa shape index (κ1) is 21.3. The van der Waals surface area contributed by atoms with Crippen LogP contribution in [0.2, 0.25) is 10.0 Å². The quantitative estimate of drug-likeness (QED) is 0.403. The van der Waals surface area contributed by atoms with E-state index in [-0.39, 0.29) is 15.7 Å². The van der Waals surface area contributed by atoms with Crippen LogP contribution >= 0.6 is 34.5 Å². The predicted molar refractivity (Wildman–Crippen MR) is 100.0 cm³/mol. The largest absolute Gasteiger partial charge is 0.451 e. The Morgan fingerprint density at radius 1 is 1.21 bits per heavy atom. The van der Waals surface area contributed by atoms with Crippen LogP contribution in [-0.2, 0) is 15.7 Å². The summed E-state index contributed by atoms with van der Waals surface area (Å²) in [5.41, 5.74) is -1.08. The number of alkyl halides is 3. The van der Waals surface area contributed by atoms with Crippen LogP contribution in [0.15, 0.2) is 30.5 Å². The minimum absolute atomic E-state index is 0.0224. The zero-order chi connectivity index (χ0) is 21.3. The Morgan fingerprint density at radius 3 is 2.59 bits per heavy atom. The lowest BCUT2D eigenvalue weighted by molar-refractivity contribution is -0.137. The van der Waals surface area contributed by atoms with Crippen molar-refractivity contribution in [3.05, 3.63) is 56.8 Å². The number of ether oxygens (including phenoxy) is 1. The molecule has 2 aromatic heterocycles. The number of fused-ring (bicyclic) bond motifs is 1. The summed E-state index contributed by atoms with van der Waals surface area (Å²) in [6.07, 6.45) is -4.13. The molecule has 0 spiro atoms. The highest BCUT2D eigenvalue weighted by Gasteiger charge is 2.31. The molecule has 29 heavy (non-hydrogen) atoms. The molecule has 0 aliphatic carbocycles. The van der Waals surface area contributed by atoms with Gasteiger partial charge in [-0.2, -0.15) is 13.2 Å². The summed E-state index contributed by atoms with van der Waals surface area (Å²) < 4.78 is 56.3. The van der Waals surface area contributed by atoms with Crippen molar-refractivity contribution in [2.24, 2.45) is 0 Å². The van der Waals surface area contributed by atoms with Gasteiger partial charge in [-0.05, 0) is 24.3 Å². The van der Waals surface area contributed by atoms with Crippen LogP contribution in [0.3, 0.4) is 0 Å². The van der Waals surface area contributed by atoms with Crippen LogP contribution in [0.4, 0.5) is 23.4 Å². The molecule has 2 heterocycles. The van der Waals surface area contributed by atoms with Crippen molar-refractivity contribution in [2.75, 3.05) is 11.9 Å². The smallest absolute Gasteiger partial charge is 0.417 e. The highest BCUT2D eigenvalue weighted by molar-refractivity contribution is 7.21. The van der Waals surface area contributed by atoms with Gasteiger partial charge in [0, 0.05) is 16.3 Å². The number of benzene rings is 1. The van der Waals surface area contributed by atoms with Gasteiger partial charge in [0.25, 0.3) is 5.91 Å². The number of amides is 1. The van der Waals surface area contributed by atoms with Crippen LogP contribution in [0.1, 0.15) is 15.2 Å². The molecule has 5 nitrogen and oxygen atoms in total. The van der Waals surface area contributed by atoms with Crippen LogP contribution in [0.5, 0.6) is 0 Å². The molecule has 0 unspecified atom stereocenters. The zero-order valence-corrected chi connectivity index (χ0v) is 16.3. The maximum atomic E-state index is 13.3. The van der Waals surface area contributed by atoms with E-state index < -0.39 is 41.1 Å². The number of anilines is 1. The second kappa shape index (κ2) is 8.13. The highest BCUT2D eigenvalue weighted by Crippen LogP contribution is 2.36. The number of hydrogen-bond acceptors (Lipinski definition) is 5. The summed E-state index contributed by atoms with van der Waals surface area (Å²) in [7, 11) is 0. The number of thiophene rings is 1. The lowest BCUT2D eigenvalue weighted by Gasteiger charge is -2.10. The van der Waals surface area contributed by atoms with Crippen LogP contribution < -0.4 is 5.32 Å². The minimum Gasteiger partial charge on any atom is -0.451 e. The van der Waals surface area contributed by atoms with Crippen molar-refractivity contribution in [1.82, 2.24) is 4.98 Å². The van der Waals surface area contributed by atoms with Crippen molar-refractivity contribution in [1.29, 1.82) is 0 Å². The fourth-order valence-corrected chi connectivity index (χ4v) is 3.86. The van der Waals surface area contributed by atoms with E-state index in [0.717, 1.165) is 11.3 Å². The predicted octanol–water partition coefficient (Wildman–Crippen LogP) is 5.56. The molecule has 0 bridgehead atoms. The molecule has 0 aliphatic heterocycles. The first-order valence-corrected chi connectivity index (χ1v) is 9.21. The van der Waals surface area contributed by atoms with E-state index in [2.05, 4.69) is 10.3 Å². The van der Waals surface area contributed by atoms with Crippen molar-refractivity contribution in [2.45, 2.75) is 6.18 Å². The van der Waals surface area contributed by atoms with Crippen molar-refractivity contribution in [3.63, 3.8) is 0 Å². The molecule has 3 rings (SSSR count). The molecule has 0 aliphatic rings. The third-order valence-corrected chi connectivity index (χ3v) is 5.46. The molecule has 1 N–H and O–H groups in total. The summed E-state index contributed by atoms with van der Waals surface area (Å²) in [6.45, 7) is -0.767. The lowest BCUT2D eigenvalue weighted by Crippen LogP contribution is -2.21. The SMILES string of the molecule is O=C(COC(=O)c1sc2cc(F)ccc2c1Cl)Nc1ncc(C(F)(F)F)cc1Cl. The van der Waals surface area contributed by atoms with Crippen molar-refractivity contribution in [3.8, 4) is 0 Å². The average Bonchev–Trinajstić information content (AvgIpc) is 2.96. The number of esters is 1. The number of nitrogens with one attached hydrogen (secondary N) is 1. The molecule has 0 atom stereocenters. The Kier molecular flexibility index (Phi) is 5.97. The molecule has 12 heteroatoms. The summed E-state index contributed by atoms with van der Waals surface area (Å²) in [5.74, 6) is -2.62. The van der Waals surface area contributed by atoms with Gasteiger partial charge in [-0.25, -0.2) is 14.2 Å². The second-order valence-corrected chi connectivity index (χ2v) is 7.40. The van der Waals surface area contributed by atoms with Gasteiger partial charge in [-0.1, -0.05) is 23.2 Å². The first-order chi connectivity index (χ1) is 13.6. The molecule has 152 valence electrons. The summed E-state index contributed by atoms with van der Waals surface area (Å²) in [4.78, 5) is 27.5. The standard InChI is InChI=1S/C17H8Cl2F4N2O3S/c18-10-3-7(17(21,22)23)5-24-15(10)25-12(26)6-28-16(27)14-13(19)9-2-1-8(20)4-11(9)29-14/h1-5H,6H2,(H,24,25,26). The fourth-order valence-electron chi connectivity index (χ4n) is 2.22. The van der Waals surface area contributed by atoms with Gasteiger partial charge in [-0.15, -0.1) is 11.3 Å². The Morgan fingerprint density at radius 2 is 1.93 bits per heavy atom. The highest BCUT2D eigenvalue weighted by atomic mass is 35.5. The summed E-state index contributed by atoms with van der Waals surface area (Å²) >= 11 is 12.7. The minimum atomic E-state index is -4.64. The van der Waals surface area contributed by atoms with Gasteiger partial charge < -0.3 is 10.1 Å². The van der Waals surface area contributed by atoms with Crippen molar-refractivity contribution < 1.29 is 31.9 Å². The third-order valence-electron chi connectivity index (χ3n) is 3.54. The van der Waals surface area contributed by atoms with E-state index in [1.807, 2.05) is 0 Å². The molecule has 1 aromatic carbocycles. The molecule has 0 radical (unpaired) electrons. The van der Waals surface area contributed by atoms with E-state index in [0.29, 0.717) is 22.3 Å². The zero-order valence-electron chi connectivity index (χ0n) is 13.9. The van der Waals surface area contributed by atoms with Gasteiger partial charge in [-0.3, -0.25) is 4.79 Å². The molecule has 0 saturated carbocycles. The molecule has 1 amide bonds. The van der Waals surface area contributed by atoms with Gasteiger partial charge >= 0.3 is 12.1 Å². The van der Waals surface area contributed by atoms with Crippen LogP contribution in [0.25, 0.3) is 10.1 Å². The first-order valence-electron chi connectivity index (χ1n) is 7.63. The number of carbonyl (C=O) groups is 2. The normalized spacial score (nSPS) is 11.5. The lowest BCUT2D eigenvalue weighted by atomic mass is 10.2. The molecule has 3 aromatic rings. The topological polar surface area (TPSA) is 68.3 Å². The number of carbonyl (C=O) groups excluding carboxylic acids is 2. The Labute approximate surface area is 174 Å². The van der Waals surface area contributed by atoms with Gasteiger partial charge in [0.2, 0.25) is 0 Å². The molecular formula is C17H8Cl2F4N2O3S. The van der Waals surface area contributed by atoms with Crippen molar-refractivity contribution >= 4 is 62.3 Å². The maximum absolute atomic E-state index is 13.3. The number of rotatable bonds is 4. The maximum Gasteiger partial charge on any atom is 0.417 e. The van der Waals surface area contributed by atoms with E-state index in [1.165, 1.54) is 18.2 Å².